The first-order valence-electron chi connectivity index (χ1n) is 7.21. The highest BCUT2D eigenvalue weighted by Crippen LogP contribution is 2.50. The number of amides is 1. The van der Waals surface area contributed by atoms with E-state index in [-0.39, 0.29) is 5.41 Å². The zero-order valence-electron chi connectivity index (χ0n) is 11.4. The first kappa shape index (κ1) is 13.2. The lowest BCUT2D eigenvalue weighted by atomic mass is 9.92. The van der Waals surface area contributed by atoms with Crippen LogP contribution in [0.15, 0.2) is 28.7 Å². The van der Waals surface area contributed by atoms with Crippen LogP contribution < -0.4 is 0 Å². The van der Waals surface area contributed by atoms with E-state index >= 15 is 0 Å². The molecule has 2 aliphatic rings. The van der Waals surface area contributed by atoms with E-state index in [2.05, 4.69) is 39.9 Å². The third-order valence-corrected chi connectivity index (χ3v) is 5.15. The molecule has 0 N–H and O–H groups in total. The van der Waals surface area contributed by atoms with Gasteiger partial charge in [0.2, 0.25) is 5.91 Å². The highest BCUT2D eigenvalue weighted by Gasteiger charge is 2.53. The van der Waals surface area contributed by atoms with Gasteiger partial charge in [-0.1, -0.05) is 28.1 Å². The molecule has 2 nitrogen and oxygen atoms in total. The van der Waals surface area contributed by atoms with Crippen molar-refractivity contribution in [3.8, 4) is 0 Å². The molecule has 1 aromatic carbocycles. The number of likely N-dealkylation sites (tertiary alicyclic amines) is 1. The standard InChI is InChI=1S/C16H20BrNO/c1-12-4-2-3-11-18(12)15(19)16(9-10-16)13-5-7-14(17)8-6-13/h5-8,12H,2-4,9-11H2,1H3. The van der Waals surface area contributed by atoms with Crippen molar-refractivity contribution in [2.45, 2.75) is 50.5 Å². The number of halogens is 1. The second-order valence-electron chi connectivity index (χ2n) is 5.93. The topological polar surface area (TPSA) is 20.3 Å². The molecule has 3 rings (SSSR count). The first-order valence-corrected chi connectivity index (χ1v) is 8.00. The summed E-state index contributed by atoms with van der Waals surface area (Å²) < 4.78 is 1.07. The molecular weight excluding hydrogens is 302 g/mol. The summed E-state index contributed by atoms with van der Waals surface area (Å²) in [6.07, 6.45) is 5.60. The molecule has 1 saturated heterocycles. The molecular formula is C16H20BrNO. The smallest absolute Gasteiger partial charge is 0.233 e. The molecule has 19 heavy (non-hydrogen) atoms. The van der Waals surface area contributed by atoms with E-state index in [0.717, 1.165) is 36.7 Å². The molecule has 0 aromatic heterocycles. The van der Waals surface area contributed by atoms with Crippen molar-refractivity contribution in [1.29, 1.82) is 0 Å². The number of carbonyl (C=O) groups excluding carboxylic acids is 1. The summed E-state index contributed by atoms with van der Waals surface area (Å²) in [6, 6.07) is 8.70. The number of hydrogen-bond donors (Lipinski definition) is 0. The second-order valence-corrected chi connectivity index (χ2v) is 6.85. The van der Waals surface area contributed by atoms with E-state index in [4.69, 9.17) is 0 Å². The molecule has 1 saturated carbocycles. The predicted octanol–water partition coefficient (Wildman–Crippen LogP) is 3.88. The first-order chi connectivity index (χ1) is 9.13. The highest BCUT2D eigenvalue weighted by molar-refractivity contribution is 9.10. The van der Waals surface area contributed by atoms with Gasteiger partial charge in [-0.25, -0.2) is 0 Å². The minimum Gasteiger partial charge on any atom is -0.339 e. The zero-order chi connectivity index (χ0) is 13.5. The van der Waals surface area contributed by atoms with Crippen molar-refractivity contribution in [1.82, 2.24) is 4.90 Å². The number of rotatable bonds is 2. The van der Waals surface area contributed by atoms with E-state index in [1.54, 1.807) is 0 Å². The summed E-state index contributed by atoms with van der Waals surface area (Å²) >= 11 is 3.46. The van der Waals surface area contributed by atoms with Gasteiger partial charge in [0.15, 0.2) is 0 Å². The summed E-state index contributed by atoms with van der Waals surface area (Å²) in [5.74, 6) is 0.363. The Morgan fingerprint density at radius 3 is 2.53 bits per heavy atom. The van der Waals surface area contributed by atoms with Gasteiger partial charge in [0.1, 0.15) is 0 Å². The fourth-order valence-corrected chi connectivity index (χ4v) is 3.46. The summed E-state index contributed by atoms with van der Waals surface area (Å²) in [6.45, 7) is 3.13. The van der Waals surface area contributed by atoms with Gasteiger partial charge in [0.05, 0.1) is 5.41 Å². The van der Waals surface area contributed by atoms with Gasteiger partial charge in [-0.05, 0) is 56.7 Å². The van der Waals surface area contributed by atoms with Crippen molar-refractivity contribution in [3.63, 3.8) is 0 Å². The largest absolute Gasteiger partial charge is 0.339 e. The summed E-state index contributed by atoms with van der Waals surface area (Å²) in [7, 11) is 0. The average Bonchev–Trinajstić information content (AvgIpc) is 3.21. The molecule has 1 aliphatic carbocycles. The molecule has 1 unspecified atom stereocenters. The van der Waals surface area contributed by atoms with Crippen LogP contribution >= 0.6 is 15.9 Å². The number of piperidine rings is 1. The maximum Gasteiger partial charge on any atom is 0.233 e. The molecule has 102 valence electrons. The van der Waals surface area contributed by atoms with E-state index in [9.17, 15) is 4.79 Å². The van der Waals surface area contributed by atoms with Crippen LogP contribution in [-0.4, -0.2) is 23.4 Å². The fourth-order valence-electron chi connectivity index (χ4n) is 3.19. The molecule has 0 spiro atoms. The number of nitrogens with zero attached hydrogens (tertiary/aromatic N) is 1. The van der Waals surface area contributed by atoms with E-state index in [1.165, 1.54) is 12.0 Å². The summed E-state index contributed by atoms with van der Waals surface area (Å²) in [4.78, 5) is 15.0. The Morgan fingerprint density at radius 2 is 1.95 bits per heavy atom. The van der Waals surface area contributed by atoms with Crippen molar-refractivity contribution >= 4 is 21.8 Å². The van der Waals surface area contributed by atoms with Gasteiger partial charge in [-0.2, -0.15) is 0 Å². The third kappa shape index (κ3) is 2.33. The Balaban J connectivity index is 1.84. The van der Waals surface area contributed by atoms with Crippen molar-refractivity contribution in [3.05, 3.63) is 34.3 Å². The Labute approximate surface area is 123 Å². The normalized spacial score (nSPS) is 25.2. The van der Waals surface area contributed by atoms with E-state index < -0.39 is 0 Å². The summed E-state index contributed by atoms with van der Waals surface area (Å²) in [5, 5.41) is 0. The SMILES string of the molecule is CC1CCCCN1C(=O)C1(c2ccc(Br)cc2)CC1. The molecule has 1 aliphatic heterocycles. The quantitative estimate of drug-likeness (QED) is 0.809. The molecule has 1 heterocycles. The Morgan fingerprint density at radius 1 is 1.26 bits per heavy atom. The monoisotopic (exact) mass is 321 g/mol. The van der Waals surface area contributed by atoms with Gasteiger partial charge in [-0.15, -0.1) is 0 Å². The molecule has 3 heteroatoms. The number of carbonyl (C=O) groups is 1. The fraction of sp³-hybridized carbons (Fsp3) is 0.562. The molecule has 0 radical (unpaired) electrons. The third-order valence-electron chi connectivity index (χ3n) is 4.62. The van der Waals surface area contributed by atoms with E-state index in [1.807, 2.05) is 12.1 Å². The van der Waals surface area contributed by atoms with Crippen molar-refractivity contribution in [2.24, 2.45) is 0 Å². The van der Waals surface area contributed by atoms with Gasteiger partial charge in [0, 0.05) is 17.1 Å². The van der Waals surface area contributed by atoms with Crippen LogP contribution in [0.5, 0.6) is 0 Å². The van der Waals surface area contributed by atoms with Crippen LogP contribution in [-0.2, 0) is 10.2 Å². The second kappa shape index (κ2) is 4.93. The van der Waals surface area contributed by atoms with Gasteiger partial charge in [0.25, 0.3) is 0 Å². The van der Waals surface area contributed by atoms with Crippen LogP contribution in [0.2, 0.25) is 0 Å². The molecule has 1 aromatic rings. The Bertz CT molecular complexity index is 478. The van der Waals surface area contributed by atoms with Crippen LogP contribution in [0.25, 0.3) is 0 Å². The van der Waals surface area contributed by atoms with Crippen LogP contribution in [0, 0.1) is 0 Å². The van der Waals surface area contributed by atoms with Gasteiger partial charge < -0.3 is 4.90 Å². The molecule has 1 atom stereocenters. The van der Waals surface area contributed by atoms with Crippen LogP contribution in [0.1, 0.15) is 44.6 Å². The van der Waals surface area contributed by atoms with E-state index in [0.29, 0.717) is 11.9 Å². The minimum absolute atomic E-state index is 0.202. The minimum atomic E-state index is -0.202. The average molecular weight is 322 g/mol. The van der Waals surface area contributed by atoms with Gasteiger partial charge >= 0.3 is 0 Å². The Kier molecular flexibility index (Phi) is 3.42. The van der Waals surface area contributed by atoms with Crippen LogP contribution in [0.3, 0.4) is 0 Å². The lowest BCUT2D eigenvalue weighted by Gasteiger charge is -2.36. The van der Waals surface area contributed by atoms with Crippen molar-refractivity contribution < 1.29 is 4.79 Å². The molecule has 2 fully saturated rings. The number of hydrogen-bond acceptors (Lipinski definition) is 1. The lowest BCUT2D eigenvalue weighted by Crippen LogP contribution is -2.47. The van der Waals surface area contributed by atoms with Crippen LogP contribution in [0.4, 0.5) is 0 Å². The lowest BCUT2D eigenvalue weighted by molar-refractivity contribution is -0.137. The molecule has 1 amide bonds. The maximum absolute atomic E-state index is 12.9. The Hall–Kier alpha value is -0.830. The maximum atomic E-state index is 12.9. The van der Waals surface area contributed by atoms with Crippen molar-refractivity contribution in [2.75, 3.05) is 6.54 Å². The highest BCUT2D eigenvalue weighted by atomic mass is 79.9. The predicted molar refractivity (Wildman–Crippen MR) is 80.1 cm³/mol. The zero-order valence-corrected chi connectivity index (χ0v) is 12.9. The molecule has 0 bridgehead atoms. The number of benzene rings is 1. The summed E-state index contributed by atoms with van der Waals surface area (Å²) in [5.41, 5.74) is 0.991. The van der Waals surface area contributed by atoms with Gasteiger partial charge in [-0.3, -0.25) is 4.79 Å².